The second-order valence-electron chi connectivity index (χ2n) is 2.92. The summed E-state index contributed by atoms with van der Waals surface area (Å²) in [6, 6.07) is 3.85. The molecule has 15 heavy (non-hydrogen) atoms. The van der Waals surface area contributed by atoms with Gasteiger partial charge in [-0.3, -0.25) is 0 Å². The fraction of sp³-hybridized carbons (Fsp3) is 0.100. The lowest BCUT2D eigenvalue weighted by Gasteiger charge is -2.00. The molecular weight excluding hydrogens is 224 g/mol. The predicted octanol–water partition coefficient (Wildman–Crippen LogP) is 3.36. The Labute approximate surface area is 89.5 Å². The van der Waals surface area contributed by atoms with Gasteiger partial charge in [0.2, 0.25) is 0 Å². The summed E-state index contributed by atoms with van der Waals surface area (Å²) in [5, 5.41) is 3.49. The van der Waals surface area contributed by atoms with Gasteiger partial charge in [-0.1, -0.05) is 11.2 Å². The third-order valence-corrected chi connectivity index (χ3v) is 2.27. The zero-order valence-corrected chi connectivity index (χ0v) is 8.26. The molecule has 0 N–H and O–H groups in total. The van der Waals surface area contributed by atoms with E-state index in [0.717, 1.165) is 6.07 Å². The third-order valence-electron chi connectivity index (χ3n) is 1.98. The maximum Gasteiger partial charge on any atom is 0.174 e. The molecule has 0 spiro atoms. The Hall–Kier alpha value is -1.42. The molecule has 0 aliphatic rings. The zero-order chi connectivity index (χ0) is 10.8. The van der Waals surface area contributed by atoms with Crippen LogP contribution in [0, 0.1) is 11.6 Å². The first-order chi connectivity index (χ1) is 7.24. The Kier molecular flexibility index (Phi) is 2.68. The first-order valence-corrected chi connectivity index (χ1v) is 4.71. The number of hydrogen-bond donors (Lipinski definition) is 0. The molecule has 0 saturated heterocycles. The van der Waals surface area contributed by atoms with Crippen molar-refractivity contribution < 1.29 is 13.3 Å². The van der Waals surface area contributed by atoms with Crippen LogP contribution in [0.5, 0.6) is 0 Å². The lowest BCUT2D eigenvalue weighted by Crippen LogP contribution is -1.89. The summed E-state index contributed by atoms with van der Waals surface area (Å²) in [5.41, 5.74) is 0.560. The van der Waals surface area contributed by atoms with E-state index < -0.39 is 11.6 Å². The normalized spacial score (nSPS) is 10.6. The van der Waals surface area contributed by atoms with Crippen LogP contribution >= 0.6 is 11.6 Å². The number of aromatic nitrogens is 1. The average molecular weight is 230 g/mol. The standard InChI is InChI=1S/C10H6ClF2NO/c11-4-6-5-14-15-10(6)7-2-1-3-8(12)9(7)13/h1-3,5H,4H2. The number of alkyl halides is 1. The van der Waals surface area contributed by atoms with Crippen molar-refractivity contribution in [1.29, 1.82) is 0 Å². The first kappa shape index (κ1) is 10.1. The molecule has 0 aliphatic heterocycles. The quantitative estimate of drug-likeness (QED) is 0.738. The van der Waals surface area contributed by atoms with Crippen LogP contribution in [0.4, 0.5) is 8.78 Å². The molecule has 0 unspecified atom stereocenters. The molecule has 0 radical (unpaired) electrons. The van der Waals surface area contributed by atoms with E-state index >= 15 is 0 Å². The topological polar surface area (TPSA) is 26.0 Å². The van der Waals surface area contributed by atoms with E-state index in [1.54, 1.807) is 0 Å². The molecule has 78 valence electrons. The molecule has 1 aromatic heterocycles. The summed E-state index contributed by atoms with van der Waals surface area (Å²) in [6.07, 6.45) is 1.38. The van der Waals surface area contributed by atoms with Crippen LogP contribution in [0.15, 0.2) is 28.9 Å². The van der Waals surface area contributed by atoms with E-state index in [0.29, 0.717) is 5.56 Å². The lowest BCUT2D eigenvalue weighted by molar-refractivity contribution is 0.426. The Morgan fingerprint density at radius 3 is 2.87 bits per heavy atom. The Morgan fingerprint density at radius 2 is 2.13 bits per heavy atom. The monoisotopic (exact) mass is 229 g/mol. The van der Waals surface area contributed by atoms with Crippen LogP contribution in [0.3, 0.4) is 0 Å². The highest BCUT2D eigenvalue weighted by Crippen LogP contribution is 2.28. The summed E-state index contributed by atoms with van der Waals surface area (Å²) in [5.74, 6) is -1.58. The number of hydrogen-bond acceptors (Lipinski definition) is 2. The first-order valence-electron chi connectivity index (χ1n) is 4.18. The van der Waals surface area contributed by atoms with Crippen LogP contribution in [0.2, 0.25) is 0 Å². The fourth-order valence-corrected chi connectivity index (χ4v) is 1.45. The number of rotatable bonds is 2. The molecule has 0 fully saturated rings. The molecule has 0 atom stereocenters. The minimum atomic E-state index is -0.958. The van der Waals surface area contributed by atoms with Gasteiger partial charge in [-0.2, -0.15) is 0 Å². The van der Waals surface area contributed by atoms with Gasteiger partial charge in [0.05, 0.1) is 17.6 Å². The molecule has 2 aromatic rings. The van der Waals surface area contributed by atoms with Gasteiger partial charge in [0, 0.05) is 5.56 Å². The summed E-state index contributed by atoms with van der Waals surface area (Å²) in [6.45, 7) is 0. The van der Waals surface area contributed by atoms with Crippen LogP contribution in [0.1, 0.15) is 5.56 Å². The van der Waals surface area contributed by atoms with Crippen molar-refractivity contribution in [3.05, 3.63) is 41.6 Å². The smallest absolute Gasteiger partial charge is 0.174 e. The van der Waals surface area contributed by atoms with Gasteiger partial charge in [-0.15, -0.1) is 11.6 Å². The molecule has 0 saturated carbocycles. The predicted molar refractivity (Wildman–Crippen MR) is 51.4 cm³/mol. The van der Waals surface area contributed by atoms with E-state index in [9.17, 15) is 8.78 Å². The Bertz CT molecular complexity index is 484. The summed E-state index contributed by atoms with van der Waals surface area (Å²) < 4.78 is 31.1. The molecule has 1 heterocycles. The molecular formula is C10H6ClF2NO. The van der Waals surface area contributed by atoms with Crippen molar-refractivity contribution in [3.63, 3.8) is 0 Å². The average Bonchev–Trinajstić information content (AvgIpc) is 2.70. The maximum atomic E-state index is 13.4. The highest BCUT2D eigenvalue weighted by Gasteiger charge is 2.16. The Morgan fingerprint density at radius 1 is 1.33 bits per heavy atom. The van der Waals surface area contributed by atoms with Crippen molar-refractivity contribution in [1.82, 2.24) is 5.16 Å². The molecule has 0 aliphatic carbocycles. The van der Waals surface area contributed by atoms with Crippen molar-refractivity contribution >= 4 is 11.6 Å². The summed E-state index contributed by atoms with van der Waals surface area (Å²) >= 11 is 5.60. The number of halogens is 3. The Balaban J connectivity index is 2.59. The van der Waals surface area contributed by atoms with Crippen LogP contribution < -0.4 is 0 Å². The highest BCUT2D eigenvalue weighted by atomic mass is 35.5. The van der Waals surface area contributed by atoms with Gasteiger partial charge in [-0.05, 0) is 12.1 Å². The van der Waals surface area contributed by atoms with Crippen LogP contribution in [-0.4, -0.2) is 5.16 Å². The van der Waals surface area contributed by atoms with Crippen molar-refractivity contribution in [2.45, 2.75) is 5.88 Å². The van der Waals surface area contributed by atoms with Gasteiger partial charge in [0.1, 0.15) is 0 Å². The minimum Gasteiger partial charge on any atom is -0.356 e. The van der Waals surface area contributed by atoms with E-state index in [4.69, 9.17) is 16.1 Å². The molecule has 1 aromatic carbocycles. The van der Waals surface area contributed by atoms with Crippen molar-refractivity contribution in [2.75, 3.05) is 0 Å². The largest absolute Gasteiger partial charge is 0.356 e. The third kappa shape index (κ3) is 1.72. The highest BCUT2D eigenvalue weighted by molar-refractivity contribution is 6.17. The summed E-state index contributed by atoms with van der Waals surface area (Å²) in [4.78, 5) is 0. The molecule has 5 heteroatoms. The van der Waals surface area contributed by atoms with Crippen molar-refractivity contribution in [2.24, 2.45) is 0 Å². The van der Waals surface area contributed by atoms with E-state index in [1.807, 2.05) is 0 Å². The van der Waals surface area contributed by atoms with Gasteiger partial charge >= 0.3 is 0 Å². The number of nitrogens with zero attached hydrogens (tertiary/aromatic N) is 1. The number of benzene rings is 1. The molecule has 2 nitrogen and oxygen atoms in total. The van der Waals surface area contributed by atoms with Crippen molar-refractivity contribution in [3.8, 4) is 11.3 Å². The molecule has 2 rings (SSSR count). The van der Waals surface area contributed by atoms with E-state index in [2.05, 4.69) is 5.16 Å². The van der Waals surface area contributed by atoms with Crippen LogP contribution in [0.25, 0.3) is 11.3 Å². The minimum absolute atomic E-state index is 0.0307. The van der Waals surface area contributed by atoms with Gasteiger partial charge < -0.3 is 4.52 Å². The van der Waals surface area contributed by atoms with E-state index in [-0.39, 0.29) is 17.2 Å². The molecule has 0 bridgehead atoms. The van der Waals surface area contributed by atoms with E-state index in [1.165, 1.54) is 18.3 Å². The molecule has 0 amide bonds. The zero-order valence-electron chi connectivity index (χ0n) is 7.51. The van der Waals surface area contributed by atoms with Crippen LogP contribution in [-0.2, 0) is 5.88 Å². The van der Waals surface area contributed by atoms with Gasteiger partial charge in [-0.25, -0.2) is 8.78 Å². The SMILES string of the molecule is Fc1cccc(-c2oncc2CCl)c1F. The van der Waals surface area contributed by atoms with Gasteiger partial charge in [0.25, 0.3) is 0 Å². The maximum absolute atomic E-state index is 13.4. The van der Waals surface area contributed by atoms with Gasteiger partial charge in [0.15, 0.2) is 17.4 Å². The second kappa shape index (κ2) is 3.98. The second-order valence-corrected chi connectivity index (χ2v) is 3.18. The fourth-order valence-electron chi connectivity index (χ4n) is 1.26. The summed E-state index contributed by atoms with van der Waals surface area (Å²) in [7, 11) is 0. The lowest BCUT2D eigenvalue weighted by atomic mass is 10.1.